The molecule has 1 N–H and O–H groups in total. The van der Waals surface area contributed by atoms with Crippen molar-refractivity contribution in [3.05, 3.63) is 24.3 Å². The average molecular weight is 175 g/mol. The monoisotopic (exact) mass is 175 g/mol. The van der Waals surface area contributed by atoms with Crippen LogP contribution in [-0.2, 0) is 0 Å². The Bertz CT molecular complexity index is 305. The van der Waals surface area contributed by atoms with E-state index in [4.69, 9.17) is 4.74 Å². The molecule has 0 aliphatic rings. The van der Waals surface area contributed by atoms with Crippen LogP contribution in [0, 0.1) is 11.8 Å². The Hall–Kier alpha value is -1.62. The lowest BCUT2D eigenvalue weighted by atomic mass is 10.3. The largest absolute Gasteiger partial charge is 0.481 e. The molecule has 2 heteroatoms. The van der Waals surface area contributed by atoms with Crippen molar-refractivity contribution in [2.45, 2.75) is 6.92 Å². The maximum atomic E-state index is 5.34. The molecule has 0 spiro atoms. The van der Waals surface area contributed by atoms with Gasteiger partial charge in [0.25, 0.3) is 0 Å². The molecule has 0 fully saturated rings. The van der Waals surface area contributed by atoms with Crippen molar-refractivity contribution in [1.82, 2.24) is 0 Å². The van der Waals surface area contributed by atoms with Crippen molar-refractivity contribution in [3.8, 4) is 17.6 Å². The van der Waals surface area contributed by atoms with Crippen molar-refractivity contribution in [2.75, 3.05) is 19.0 Å². The first-order chi connectivity index (χ1) is 6.36. The van der Waals surface area contributed by atoms with E-state index in [-0.39, 0.29) is 0 Å². The van der Waals surface area contributed by atoms with E-state index in [1.165, 1.54) is 0 Å². The second kappa shape index (κ2) is 5.10. The first-order valence-electron chi connectivity index (χ1n) is 4.17. The van der Waals surface area contributed by atoms with Crippen molar-refractivity contribution in [1.29, 1.82) is 0 Å². The molecule has 0 saturated heterocycles. The molecule has 2 nitrogen and oxygen atoms in total. The van der Waals surface area contributed by atoms with Crippen LogP contribution in [0.2, 0.25) is 0 Å². The number of rotatable bonds is 3. The zero-order chi connectivity index (χ0) is 9.52. The summed E-state index contributed by atoms with van der Waals surface area (Å²) in [6.07, 6.45) is 0. The number of hydrogen-bond acceptors (Lipinski definition) is 2. The zero-order valence-electron chi connectivity index (χ0n) is 7.92. The van der Waals surface area contributed by atoms with Crippen LogP contribution in [0.5, 0.6) is 5.75 Å². The Morgan fingerprint density at radius 2 is 2.00 bits per heavy atom. The summed E-state index contributed by atoms with van der Waals surface area (Å²) in [5.41, 5.74) is 1.08. The van der Waals surface area contributed by atoms with Gasteiger partial charge in [-0.3, -0.25) is 0 Å². The third kappa shape index (κ3) is 3.08. The molecule has 0 amide bonds. The van der Waals surface area contributed by atoms with Gasteiger partial charge in [0.05, 0.1) is 0 Å². The predicted octanol–water partition coefficient (Wildman–Crippen LogP) is 2.13. The highest BCUT2D eigenvalue weighted by Crippen LogP contribution is 2.14. The zero-order valence-corrected chi connectivity index (χ0v) is 7.92. The van der Waals surface area contributed by atoms with Gasteiger partial charge in [0.1, 0.15) is 12.4 Å². The van der Waals surface area contributed by atoms with Gasteiger partial charge in [0, 0.05) is 12.7 Å². The van der Waals surface area contributed by atoms with E-state index >= 15 is 0 Å². The van der Waals surface area contributed by atoms with Crippen LogP contribution >= 0.6 is 0 Å². The van der Waals surface area contributed by atoms with Crippen LogP contribution in [-0.4, -0.2) is 13.7 Å². The summed E-state index contributed by atoms with van der Waals surface area (Å²) in [7, 11) is 1.89. The molecule has 0 aliphatic heterocycles. The molecule has 0 atom stereocenters. The third-order valence-corrected chi connectivity index (χ3v) is 1.63. The molecule has 13 heavy (non-hydrogen) atoms. The van der Waals surface area contributed by atoms with E-state index < -0.39 is 0 Å². The fraction of sp³-hybridized carbons (Fsp3) is 0.273. The second-order valence-corrected chi connectivity index (χ2v) is 2.49. The minimum Gasteiger partial charge on any atom is -0.481 e. The summed E-state index contributed by atoms with van der Waals surface area (Å²) in [5.74, 6) is 6.46. The molecular weight excluding hydrogens is 162 g/mol. The normalized spacial score (nSPS) is 8.46. The standard InChI is InChI=1S/C11H13NO/c1-3-4-9-13-11-7-5-10(12-2)6-8-11/h5-8,12H,9H2,1-2H3. The van der Waals surface area contributed by atoms with Gasteiger partial charge in [-0.15, -0.1) is 5.92 Å². The third-order valence-electron chi connectivity index (χ3n) is 1.63. The molecule has 0 heterocycles. The van der Waals surface area contributed by atoms with Gasteiger partial charge in [-0.25, -0.2) is 0 Å². The molecule has 1 aromatic rings. The summed E-state index contributed by atoms with van der Waals surface area (Å²) in [6.45, 7) is 2.25. The number of benzene rings is 1. The van der Waals surface area contributed by atoms with Gasteiger partial charge >= 0.3 is 0 Å². The van der Waals surface area contributed by atoms with Crippen molar-refractivity contribution in [3.63, 3.8) is 0 Å². The highest BCUT2D eigenvalue weighted by Gasteiger charge is 1.91. The number of nitrogens with one attached hydrogen (secondary N) is 1. The molecule has 0 bridgehead atoms. The number of ether oxygens (including phenoxy) is 1. The smallest absolute Gasteiger partial charge is 0.149 e. The van der Waals surface area contributed by atoms with Gasteiger partial charge < -0.3 is 10.1 Å². The van der Waals surface area contributed by atoms with Crippen LogP contribution in [0.4, 0.5) is 5.69 Å². The van der Waals surface area contributed by atoms with Crippen LogP contribution in [0.1, 0.15) is 6.92 Å². The molecule has 0 unspecified atom stereocenters. The van der Waals surface area contributed by atoms with E-state index in [0.29, 0.717) is 6.61 Å². The Morgan fingerprint density at radius 1 is 1.31 bits per heavy atom. The van der Waals surface area contributed by atoms with Crippen molar-refractivity contribution < 1.29 is 4.74 Å². The number of anilines is 1. The van der Waals surface area contributed by atoms with Gasteiger partial charge in [0.2, 0.25) is 0 Å². The lowest BCUT2D eigenvalue weighted by Crippen LogP contribution is -1.94. The highest BCUT2D eigenvalue weighted by molar-refractivity contribution is 5.45. The van der Waals surface area contributed by atoms with E-state index in [9.17, 15) is 0 Å². The summed E-state index contributed by atoms with van der Waals surface area (Å²) in [5, 5.41) is 3.04. The van der Waals surface area contributed by atoms with Gasteiger partial charge in [-0.2, -0.15) is 0 Å². The van der Waals surface area contributed by atoms with E-state index in [2.05, 4.69) is 17.2 Å². The first-order valence-corrected chi connectivity index (χ1v) is 4.17. The fourth-order valence-electron chi connectivity index (χ4n) is 0.909. The quantitative estimate of drug-likeness (QED) is 0.710. The van der Waals surface area contributed by atoms with Crippen molar-refractivity contribution in [2.24, 2.45) is 0 Å². The molecular formula is C11H13NO. The summed E-state index contributed by atoms with van der Waals surface area (Å²) in [6, 6.07) is 7.77. The Labute approximate surface area is 78.9 Å². The maximum Gasteiger partial charge on any atom is 0.149 e. The SMILES string of the molecule is CC#CCOc1ccc(NC)cc1. The number of hydrogen-bond donors (Lipinski definition) is 1. The van der Waals surface area contributed by atoms with Gasteiger partial charge in [0.15, 0.2) is 0 Å². The van der Waals surface area contributed by atoms with Gasteiger partial charge in [-0.1, -0.05) is 5.92 Å². The highest BCUT2D eigenvalue weighted by atomic mass is 16.5. The maximum absolute atomic E-state index is 5.34. The molecule has 0 radical (unpaired) electrons. The van der Waals surface area contributed by atoms with E-state index in [1.54, 1.807) is 6.92 Å². The molecule has 68 valence electrons. The second-order valence-electron chi connectivity index (χ2n) is 2.49. The Morgan fingerprint density at radius 3 is 2.54 bits per heavy atom. The fourth-order valence-corrected chi connectivity index (χ4v) is 0.909. The van der Waals surface area contributed by atoms with E-state index in [0.717, 1.165) is 11.4 Å². The lowest BCUT2D eigenvalue weighted by molar-refractivity contribution is 0.370. The topological polar surface area (TPSA) is 21.3 Å². The molecule has 0 saturated carbocycles. The van der Waals surface area contributed by atoms with Crippen LogP contribution in [0.25, 0.3) is 0 Å². The van der Waals surface area contributed by atoms with Crippen LogP contribution in [0.3, 0.4) is 0 Å². The Balaban J connectivity index is 2.52. The predicted molar refractivity (Wildman–Crippen MR) is 54.9 cm³/mol. The molecule has 0 aliphatic carbocycles. The minimum atomic E-state index is 0.454. The molecule has 1 rings (SSSR count). The van der Waals surface area contributed by atoms with Crippen molar-refractivity contribution >= 4 is 5.69 Å². The average Bonchev–Trinajstić information content (AvgIpc) is 2.19. The van der Waals surface area contributed by atoms with Crippen LogP contribution < -0.4 is 10.1 Å². The van der Waals surface area contributed by atoms with Crippen LogP contribution in [0.15, 0.2) is 24.3 Å². The van der Waals surface area contributed by atoms with Gasteiger partial charge in [-0.05, 0) is 31.2 Å². The lowest BCUT2D eigenvalue weighted by Gasteiger charge is -2.03. The molecule has 0 aromatic heterocycles. The summed E-state index contributed by atoms with van der Waals surface area (Å²) < 4.78 is 5.34. The first kappa shape index (κ1) is 9.47. The van der Waals surface area contributed by atoms with E-state index in [1.807, 2.05) is 31.3 Å². The Kier molecular flexibility index (Phi) is 3.72. The summed E-state index contributed by atoms with van der Waals surface area (Å²) >= 11 is 0. The minimum absolute atomic E-state index is 0.454. The molecule has 1 aromatic carbocycles. The summed E-state index contributed by atoms with van der Waals surface area (Å²) in [4.78, 5) is 0.